The van der Waals surface area contributed by atoms with Crippen molar-refractivity contribution >= 4 is 39.3 Å². The van der Waals surface area contributed by atoms with Gasteiger partial charge in [-0.15, -0.1) is 0 Å². The van der Waals surface area contributed by atoms with Gasteiger partial charge in [0.2, 0.25) is 0 Å². The van der Waals surface area contributed by atoms with Gasteiger partial charge >= 0.3 is 73.5 Å². The molecule has 0 aliphatic rings. The predicted octanol–water partition coefficient (Wildman–Crippen LogP) is 3.59. The third-order valence-corrected chi connectivity index (χ3v) is 14.6. The summed E-state index contributed by atoms with van der Waals surface area (Å²) in [5, 5.41) is 0. The van der Waals surface area contributed by atoms with E-state index in [1.54, 1.807) is 0 Å². The first-order valence-corrected chi connectivity index (χ1v) is 19.6. The summed E-state index contributed by atoms with van der Waals surface area (Å²) in [6.07, 6.45) is 3.92. The quantitative estimate of drug-likeness (QED) is 0.531. The summed E-state index contributed by atoms with van der Waals surface area (Å²) in [6, 6.07) is 0. The van der Waals surface area contributed by atoms with Gasteiger partial charge in [0.1, 0.15) is 0 Å². The topological polar surface area (TPSA) is 0 Å². The SMILES string of the molecule is C=C[CH2][Sn]([Br])([Br])[CH2]C=C. The van der Waals surface area contributed by atoms with E-state index in [1.165, 1.54) is 0 Å². The molecule has 0 N–H and O–H groups in total. The molecule has 0 rings (SSSR count). The normalized spacial score (nSPS) is 10.9. The van der Waals surface area contributed by atoms with Crippen molar-refractivity contribution in [3.8, 4) is 0 Å². The van der Waals surface area contributed by atoms with Gasteiger partial charge in [-0.1, -0.05) is 0 Å². The molecular weight excluding hydrogens is 351 g/mol. The van der Waals surface area contributed by atoms with E-state index in [0.29, 0.717) is 0 Å². The minimum absolute atomic E-state index is 1.11. The fraction of sp³-hybridized carbons (Fsp3) is 0.333. The summed E-state index contributed by atoms with van der Waals surface area (Å²) >= 11 is 5.39. The predicted molar refractivity (Wildman–Crippen MR) is 53.6 cm³/mol. The van der Waals surface area contributed by atoms with Crippen LogP contribution in [0.1, 0.15) is 0 Å². The molecule has 0 aliphatic carbocycles. The molecule has 0 saturated heterocycles. The van der Waals surface area contributed by atoms with E-state index >= 15 is 0 Å². The molecule has 0 aromatic rings. The summed E-state index contributed by atoms with van der Waals surface area (Å²) < 4.78 is 2.22. The Bertz CT molecular complexity index is 97.6. The first-order chi connectivity index (χ1) is 4.12. The van der Waals surface area contributed by atoms with Gasteiger partial charge in [0.25, 0.3) is 0 Å². The average molecular weight is 361 g/mol. The maximum atomic E-state index is 3.69. The molecule has 0 fully saturated rings. The Hall–Kier alpha value is 1.24. The Morgan fingerprint density at radius 2 is 1.44 bits per heavy atom. The first-order valence-electron chi connectivity index (χ1n) is 2.72. The molecule has 0 radical (unpaired) electrons. The van der Waals surface area contributed by atoms with Gasteiger partial charge in [0.05, 0.1) is 0 Å². The average Bonchev–Trinajstić information content (AvgIpc) is 1.64. The van der Waals surface area contributed by atoms with Crippen LogP contribution in [0.5, 0.6) is 0 Å². The molecule has 0 spiro atoms. The summed E-state index contributed by atoms with van der Waals surface area (Å²) in [7, 11) is 0. The van der Waals surface area contributed by atoms with Gasteiger partial charge in [-0.2, -0.15) is 0 Å². The van der Waals surface area contributed by atoms with Crippen molar-refractivity contribution in [2.45, 2.75) is 8.87 Å². The fourth-order valence-corrected chi connectivity index (χ4v) is 9.53. The Morgan fingerprint density at radius 3 is 1.67 bits per heavy atom. The molecular formula is C6H10Br2Sn. The Morgan fingerprint density at radius 1 is 1.11 bits per heavy atom. The minimum atomic E-state index is -1.98. The van der Waals surface area contributed by atoms with E-state index in [0.717, 1.165) is 8.87 Å². The van der Waals surface area contributed by atoms with Gasteiger partial charge in [-0.05, 0) is 0 Å². The molecule has 0 amide bonds. The van der Waals surface area contributed by atoms with Gasteiger partial charge in [0.15, 0.2) is 0 Å². The van der Waals surface area contributed by atoms with Crippen LogP contribution < -0.4 is 0 Å². The third-order valence-electron chi connectivity index (χ3n) is 0.886. The van der Waals surface area contributed by atoms with Crippen LogP contribution in [0.4, 0.5) is 0 Å². The molecule has 52 valence electrons. The van der Waals surface area contributed by atoms with Gasteiger partial charge in [0, 0.05) is 0 Å². The molecule has 0 bridgehead atoms. The van der Waals surface area contributed by atoms with Crippen LogP contribution in [0, 0.1) is 0 Å². The summed E-state index contributed by atoms with van der Waals surface area (Å²) in [4.78, 5) is 0. The van der Waals surface area contributed by atoms with Gasteiger partial charge in [-0.3, -0.25) is 0 Å². The van der Waals surface area contributed by atoms with Gasteiger partial charge < -0.3 is 0 Å². The van der Waals surface area contributed by atoms with Crippen molar-refractivity contribution in [2.24, 2.45) is 0 Å². The van der Waals surface area contributed by atoms with Crippen molar-refractivity contribution in [2.75, 3.05) is 0 Å². The summed E-state index contributed by atoms with van der Waals surface area (Å²) in [5.41, 5.74) is 0. The number of halogens is 2. The Labute approximate surface area is 72.8 Å². The van der Waals surface area contributed by atoms with E-state index in [-0.39, 0.29) is 0 Å². The van der Waals surface area contributed by atoms with E-state index in [2.05, 4.69) is 38.6 Å². The standard InChI is InChI=1S/2C3H5.2BrH.Sn/c2*1-3-2;;;/h2*3H,1-2H2;2*1H;/q;;;;+2/p-2. The summed E-state index contributed by atoms with van der Waals surface area (Å²) in [6.45, 7) is 7.37. The van der Waals surface area contributed by atoms with Crippen LogP contribution in [0.3, 0.4) is 0 Å². The van der Waals surface area contributed by atoms with Gasteiger partial charge in [-0.25, -0.2) is 0 Å². The maximum absolute atomic E-state index is 3.69. The van der Waals surface area contributed by atoms with Crippen molar-refractivity contribution in [1.29, 1.82) is 0 Å². The molecule has 9 heavy (non-hydrogen) atoms. The molecule has 0 nitrogen and oxygen atoms in total. The molecule has 0 aromatic carbocycles. The van der Waals surface area contributed by atoms with E-state index < -0.39 is 13.9 Å². The second-order valence-electron chi connectivity index (χ2n) is 1.84. The Kier molecular flexibility index (Phi) is 5.65. The second-order valence-corrected chi connectivity index (χ2v) is 36.6. The second kappa shape index (κ2) is 4.96. The molecule has 0 saturated carbocycles. The number of rotatable bonds is 4. The van der Waals surface area contributed by atoms with Crippen LogP contribution in [0.2, 0.25) is 8.87 Å². The molecule has 0 heterocycles. The zero-order chi connectivity index (χ0) is 7.33. The molecule has 0 atom stereocenters. The van der Waals surface area contributed by atoms with Crippen molar-refractivity contribution in [1.82, 2.24) is 0 Å². The summed E-state index contributed by atoms with van der Waals surface area (Å²) in [5.74, 6) is 0. The van der Waals surface area contributed by atoms with Crippen LogP contribution in [0.25, 0.3) is 0 Å². The van der Waals surface area contributed by atoms with Crippen molar-refractivity contribution in [3.05, 3.63) is 25.3 Å². The van der Waals surface area contributed by atoms with Crippen LogP contribution >= 0.6 is 25.4 Å². The van der Waals surface area contributed by atoms with Crippen LogP contribution in [0.15, 0.2) is 25.3 Å². The fourth-order valence-electron chi connectivity index (χ4n) is 0.506. The third kappa shape index (κ3) is 5.67. The van der Waals surface area contributed by atoms with Crippen LogP contribution in [-0.4, -0.2) is 13.9 Å². The zero-order valence-corrected chi connectivity index (χ0v) is 11.3. The van der Waals surface area contributed by atoms with Crippen LogP contribution in [-0.2, 0) is 0 Å². The zero-order valence-electron chi connectivity index (χ0n) is 5.24. The van der Waals surface area contributed by atoms with Crippen molar-refractivity contribution in [3.63, 3.8) is 0 Å². The molecule has 3 heteroatoms. The number of hydrogen-bond acceptors (Lipinski definition) is 0. The number of allylic oxidation sites excluding steroid dienone is 2. The van der Waals surface area contributed by atoms with E-state index in [9.17, 15) is 0 Å². The number of hydrogen-bond donors (Lipinski definition) is 0. The van der Waals surface area contributed by atoms with Crippen molar-refractivity contribution < 1.29 is 0 Å². The Balaban J connectivity index is 3.68. The van der Waals surface area contributed by atoms with E-state index in [4.69, 9.17) is 0 Å². The molecule has 0 unspecified atom stereocenters. The monoisotopic (exact) mass is 360 g/mol. The molecule has 0 aliphatic heterocycles. The van der Waals surface area contributed by atoms with E-state index in [1.807, 2.05) is 12.2 Å². The first kappa shape index (κ1) is 10.2. The molecule has 0 aromatic heterocycles.